The van der Waals surface area contributed by atoms with Crippen LogP contribution in [0.5, 0.6) is 0 Å². The SMILES string of the molecule is CCC(NC(=O)[C@@H]1CC[C@H](CN)O1)c1cc(F)ccc1F. The van der Waals surface area contributed by atoms with Crippen molar-refractivity contribution < 1.29 is 18.3 Å². The predicted octanol–water partition coefficient (Wildman–Crippen LogP) is 2.04. The minimum absolute atomic E-state index is 0.105. The fourth-order valence-electron chi connectivity index (χ4n) is 2.52. The first-order valence-electron chi connectivity index (χ1n) is 7.16. The zero-order chi connectivity index (χ0) is 15.4. The van der Waals surface area contributed by atoms with Crippen LogP contribution in [0.25, 0.3) is 0 Å². The molecule has 0 radical (unpaired) electrons. The van der Waals surface area contributed by atoms with Gasteiger partial charge in [-0.2, -0.15) is 0 Å². The number of carbonyl (C=O) groups excluding carboxylic acids is 1. The lowest BCUT2D eigenvalue weighted by molar-refractivity contribution is -0.132. The molecule has 1 aliphatic heterocycles. The van der Waals surface area contributed by atoms with Crippen LogP contribution in [0.1, 0.15) is 37.8 Å². The van der Waals surface area contributed by atoms with Gasteiger partial charge in [-0.1, -0.05) is 6.92 Å². The van der Waals surface area contributed by atoms with E-state index >= 15 is 0 Å². The highest BCUT2D eigenvalue weighted by Crippen LogP contribution is 2.24. The molecule has 0 saturated carbocycles. The minimum atomic E-state index is -0.575. The molecule has 1 saturated heterocycles. The normalized spacial score (nSPS) is 23.0. The quantitative estimate of drug-likeness (QED) is 0.874. The summed E-state index contributed by atoms with van der Waals surface area (Å²) >= 11 is 0. The third kappa shape index (κ3) is 3.77. The number of rotatable bonds is 5. The summed E-state index contributed by atoms with van der Waals surface area (Å²) in [6.45, 7) is 2.17. The molecular weight excluding hydrogens is 278 g/mol. The Hall–Kier alpha value is -1.53. The van der Waals surface area contributed by atoms with Gasteiger partial charge in [-0.3, -0.25) is 4.79 Å². The van der Waals surface area contributed by atoms with Gasteiger partial charge in [0.15, 0.2) is 0 Å². The van der Waals surface area contributed by atoms with E-state index in [-0.39, 0.29) is 17.6 Å². The molecule has 2 rings (SSSR count). The molecule has 3 atom stereocenters. The molecule has 3 N–H and O–H groups in total. The molecule has 1 amide bonds. The second-order valence-corrected chi connectivity index (χ2v) is 5.20. The van der Waals surface area contributed by atoms with Crippen LogP contribution in [0.3, 0.4) is 0 Å². The van der Waals surface area contributed by atoms with E-state index in [9.17, 15) is 13.6 Å². The van der Waals surface area contributed by atoms with Crippen molar-refractivity contribution in [2.75, 3.05) is 6.54 Å². The molecule has 1 aromatic rings. The molecule has 0 spiro atoms. The van der Waals surface area contributed by atoms with E-state index in [4.69, 9.17) is 10.5 Å². The maximum atomic E-state index is 13.8. The Morgan fingerprint density at radius 1 is 1.48 bits per heavy atom. The number of carbonyl (C=O) groups is 1. The number of nitrogens with one attached hydrogen (secondary N) is 1. The third-order valence-corrected chi connectivity index (χ3v) is 3.72. The Labute approximate surface area is 122 Å². The van der Waals surface area contributed by atoms with E-state index in [1.54, 1.807) is 6.92 Å². The molecule has 1 aliphatic rings. The van der Waals surface area contributed by atoms with Crippen molar-refractivity contribution in [2.45, 2.75) is 44.4 Å². The standard InChI is InChI=1S/C15H20F2N2O2/c1-2-13(11-7-9(16)3-5-12(11)17)19-15(20)14-6-4-10(8-18)21-14/h3,5,7,10,13-14H,2,4,6,8,18H2,1H3,(H,19,20)/t10-,13?,14+/m1/s1. The Morgan fingerprint density at radius 2 is 2.24 bits per heavy atom. The molecule has 1 aromatic carbocycles. The van der Waals surface area contributed by atoms with E-state index in [0.717, 1.165) is 24.6 Å². The van der Waals surface area contributed by atoms with Crippen molar-refractivity contribution in [1.29, 1.82) is 0 Å². The number of nitrogens with two attached hydrogens (primary N) is 1. The summed E-state index contributed by atoms with van der Waals surface area (Å²) in [6, 6.07) is 2.66. The maximum Gasteiger partial charge on any atom is 0.249 e. The molecule has 0 bridgehead atoms. The van der Waals surface area contributed by atoms with Gasteiger partial charge in [-0.25, -0.2) is 8.78 Å². The number of hydrogen-bond donors (Lipinski definition) is 2. The Balaban J connectivity index is 2.05. The number of hydrogen-bond acceptors (Lipinski definition) is 3. The monoisotopic (exact) mass is 298 g/mol. The van der Waals surface area contributed by atoms with Crippen LogP contribution in [0.2, 0.25) is 0 Å². The molecule has 0 aromatic heterocycles. The van der Waals surface area contributed by atoms with Gasteiger partial charge in [0.25, 0.3) is 0 Å². The molecule has 1 unspecified atom stereocenters. The summed E-state index contributed by atoms with van der Waals surface area (Å²) in [5, 5.41) is 2.73. The van der Waals surface area contributed by atoms with Gasteiger partial charge in [0.05, 0.1) is 12.1 Å². The first kappa shape index (κ1) is 15.9. The highest BCUT2D eigenvalue weighted by atomic mass is 19.1. The second-order valence-electron chi connectivity index (χ2n) is 5.20. The van der Waals surface area contributed by atoms with Crippen molar-refractivity contribution in [2.24, 2.45) is 5.73 Å². The highest BCUT2D eigenvalue weighted by Gasteiger charge is 2.31. The number of halogens is 2. The molecule has 116 valence electrons. The predicted molar refractivity (Wildman–Crippen MR) is 74.5 cm³/mol. The molecule has 4 nitrogen and oxygen atoms in total. The van der Waals surface area contributed by atoms with Crippen molar-refractivity contribution in [3.63, 3.8) is 0 Å². The third-order valence-electron chi connectivity index (χ3n) is 3.72. The number of ether oxygens (including phenoxy) is 1. The molecule has 6 heteroatoms. The average molecular weight is 298 g/mol. The van der Waals surface area contributed by atoms with E-state index in [0.29, 0.717) is 19.4 Å². The van der Waals surface area contributed by atoms with Crippen molar-refractivity contribution >= 4 is 5.91 Å². The average Bonchev–Trinajstić information content (AvgIpc) is 2.96. The van der Waals surface area contributed by atoms with E-state index < -0.39 is 23.8 Å². The van der Waals surface area contributed by atoms with Crippen LogP contribution in [0.15, 0.2) is 18.2 Å². The Kier molecular flexibility index (Phi) is 5.25. The van der Waals surface area contributed by atoms with Gasteiger partial charge >= 0.3 is 0 Å². The minimum Gasteiger partial charge on any atom is -0.364 e. The summed E-state index contributed by atoms with van der Waals surface area (Å²) in [5.41, 5.74) is 5.66. The van der Waals surface area contributed by atoms with E-state index in [1.807, 2.05) is 0 Å². The summed E-state index contributed by atoms with van der Waals surface area (Å²) in [7, 11) is 0. The molecule has 21 heavy (non-hydrogen) atoms. The lowest BCUT2D eigenvalue weighted by atomic mass is 10.0. The number of benzene rings is 1. The van der Waals surface area contributed by atoms with Crippen molar-refractivity contribution in [1.82, 2.24) is 5.32 Å². The Bertz CT molecular complexity index is 510. The molecule has 1 fully saturated rings. The molecular formula is C15H20F2N2O2. The van der Waals surface area contributed by atoms with E-state index in [2.05, 4.69) is 5.32 Å². The highest BCUT2D eigenvalue weighted by molar-refractivity contribution is 5.81. The van der Waals surface area contributed by atoms with Gasteiger partial charge in [0, 0.05) is 12.1 Å². The first-order valence-corrected chi connectivity index (χ1v) is 7.16. The summed E-state index contributed by atoms with van der Waals surface area (Å²) in [5.74, 6) is -1.36. The van der Waals surface area contributed by atoms with Crippen molar-refractivity contribution in [3.05, 3.63) is 35.4 Å². The van der Waals surface area contributed by atoms with Crippen LogP contribution >= 0.6 is 0 Å². The zero-order valence-corrected chi connectivity index (χ0v) is 11.9. The van der Waals surface area contributed by atoms with Gasteiger partial charge in [-0.05, 0) is 37.5 Å². The fourth-order valence-corrected chi connectivity index (χ4v) is 2.52. The van der Waals surface area contributed by atoms with Crippen LogP contribution in [-0.4, -0.2) is 24.7 Å². The lowest BCUT2D eigenvalue weighted by Gasteiger charge is -2.20. The van der Waals surface area contributed by atoms with Gasteiger partial charge in [-0.15, -0.1) is 0 Å². The smallest absolute Gasteiger partial charge is 0.249 e. The van der Waals surface area contributed by atoms with Crippen molar-refractivity contribution in [3.8, 4) is 0 Å². The Morgan fingerprint density at radius 3 is 2.86 bits per heavy atom. The van der Waals surface area contributed by atoms with Crippen LogP contribution < -0.4 is 11.1 Å². The van der Waals surface area contributed by atoms with Crippen LogP contribution in [0.4, 0.5) is 8.78 Å². The molecule has 1 heterocycles. The van der Waals surface area contributed by atoms with Gasteiger partial charge < -0.3 is 15.8 Å². The second kappa shape index (κ2) is 6.95. The molecule has 0 aliphatic carbocycles. The number of amides is 1. The fraction of sp³-hybridized carbons (Fsp3) is 0.533. The van der Waals surface area contributed by atoms with Gasteiger partial charge in [0.2, 0.25) is 5.91 Å². The van der Waals surface area contributed by atoms with Crippen LogP contribution in [-0.2, 0) is 9.53 Å². The van der Waals surface area contributed by atoms with E-state index in [1.165, 1.54) is 0 Å². The first-order chi connectivity index (χ1) is 10.0. The maximum absolute atomic E-state index is 13.8. The summed E-state index contributed by atoms with van der Waals surface area (Å²) in [4.78, 5) is 12.2. The lowest BCUT2D eigenvalue weighted by Crippen LogP contribution is -2.38. The largest absolute Gasteiger partial charge is 0.364 e. The zero-order valence-electron chi connectivity index (χ0n) is 11.9. The summed E-state index contributed by atoms with van der Waals surface area (Å²) < 4.78 is 32.5. The summed E-state index contributed by atoms with van der Waals surface area (Å²) in [6.07, 6.45) is 1.12. The van der Waals surface area contributed by atoms with Crippen LogP contribution in [0, 0.1) is 11.6 Å². The topological polar surface area (TPSA) is 64.4 Å². The van der Waals surface area contributed by atoms with Gasteiger partial charge in [0.1, 0.15) is 17.7 Å².